The first-order valence-electron chi connectivity index (χ1n) is 5.65. The van der Waals surface area contributed by atoms with Gasteiger partial charge < -0.3 is 10.6 Å². The van der Waals surface area contributed by atoms with Gasteiger partial charge in [0.15, 0.2) is 5.78 Å². The van der Waals surface area contributed by atoms with Crippen LogP contribution in [0.5, 0.6) is 0 Å². The zero-order valence-electron chi connectivity index (χ0n) is 9.20. The highest BCUT2D eigenvalue weighted by atomic mass is 16.1. The predicted octanol–water partition coefficient (Wildman–Crippen LogP) is 1.68. The van der Waals surface area contributed by atoms with Crippen molar-refractivity contribution in [2.45, 2.75) is 12.8 Å². The van der Waals surface area contributed by atoms with E-state index in [1.54, 1.807) is 6.08 Å². The molecule has 84 valence electrons. The first-order chi connectivity index (χ1) is 7.86. The Morgan fingerprint density at radius 1 is 1.06 bits per heavy atom. The molecule has 3 nitrogen and oxygen atoms in total. The molecule has 1 aliphatic heterocycles. The van der Waals surface area contributed by atoms with Gasteiger partial charge in [-0.05, 0) is 12.8 Å². The Morgan fingerprint density at radius 3 is 2.31 bits per heavy atom. The maximum atomic E-state index is 11.9. The molecular formula is C13H16N2O. The van der Waals surface area contributed by atoms with E-state index in [-0.39, 0.29) is 5.78 Å². The van der Waals surface area contributed by atoms with Gasteiger partial charge in [0.05, 0.1) is 0 Å². The van der Waals surface area contributed by atoms with E-state index in [2.05, 4.69) is 10.6 Å². The number of benzene rings is 1. The van der Waals surface area contributed by atoms with E-state index in [9.17, 15) is 4.79 Å². The van der Waals surface area contributed by atoms with Crippen molar-refractivity contribution in [2.24, 2.45) is 0 Å². The second-order valence-corrected chi connectivity index (χ2v) is 3.85. The van der Waals surface area contributed by atoms with Gasteiger partial charge in [-0.1, -0.05) is 30.3 Å². The highest BCUT2D eigenvalue weighted by Gasteiger charge is 2.06. The number of nitrogens with one attached hydrogen (secondary N) is 2. The van der Waals surface area contributed by atoms with Crippen molar-refractivity contribution in [2.75, 3.05) is 13.1 Å². The topological polar surface area (TPSA) is 41.1 Å². The first-order valence-corrected chi connectivity index (χ1v) is 5.65. The minimum atomic E-state index is 0.0394. The Labute approximate surface area is 95.6 Å². The summed E-state index contributed by atoms with van der Waals surface area (Å²) in [4.78, 5) is 11.9. The third-order valence-corrected chi connectivity index (χ3v) is 2.57. The molecule has 1 fully saturated rings. The number of carbonyl (C=O) groups is 1. The quantitative estimate of drug-likeness (QED) is 0.584. The molecule has 0 aromatic heterocycles. The highest BCUT2D eigenvalue weighted by molar-refractivity contribution is 6.04. The van der Waals surface area contributed by atoms with Gasteiger partial charge in [-0.15, -0.1) is 0 Å². The molecule has 1 aromatic carbocycles. The van der Waals surface area contributed by atoms with E-state index in [0.29, 0.717) is 0 Å². The number of rotatable bonds is 2. The van der Waals surface area contributed by atoms with E-state index in [1.807, 2.05) is 30.3 Å². The summed E-state index contributed by atoms with van der Waals surface area (Å²) in [5, 5.41) is 6.42. The van der Waals surface area contributed by atoms with E-state index in [0.717, 1.165) is 37.3 Å². The molecule has 0 spiro atoms. The van der Waals surface area contributed by atoms with Crippen molar-refractivity contribution >= 4 is 5.78 Å². The van der Waals surface area contributed by atoms with Crippen LogP contribution < -0.4 is 10.6 Å². The number of hydrogen-bond donors (Lipinski definition) is 2. The minimum Gasteiger partial charge on any atom is -0.372 e. The van der Waals surface area contributed by atoms with Gasteiger partial charge >= 0.3 is 0 Å². The fourth-order valence-electron chi connectivity index (χ4n) is 1.68. The van der Waals surface area contributed by atoms with Gasteiger partial charge in [0.2, 0.25) is 0 Å². The van der Waals surface area contributed by atoms with Crippen molar-refractivity contribution in [1.82, 2.24) is 10.6 Å². The van der Waals surface area contributed by atoms with Gasteiger partial charge in [0.1, 0.15) is 5.82 Å². The summed E-state index contributed by atoms with van der Waals surface area (Å²) in [6.07, 6.45) is 3.92. The smallest absolute Gasteiger partial charge is 0.189 e. The molecule has 1 heterocycles. The zero-order chi connectivity index (χ0) is 11.2. The van der Waals surface area contributed by atoms with Crippen LogP contribution in [0.4, 0.5) is 0 Å². The maximum absolute atomic E-state index is 11.9. The monoisotopic (exact) mass is 216 g/mol. The van der Waals surface area contributed by atoms with Crippen LogP contribution >= 0.6 is 0 Å². The molecule has 1 saturated heterocycles. The molecule has 0 bridgehead atoms. The Bertz CT molecular complexity index is 374. The third-order valence-electron chi connectivity index (χ3n) is 2.57. The van der Waals surface area contributed by atoms with Crippen molar-refractivity contribution in [3.8, 4) is 0 Å². The largest absolute Gasteiger partial charge is 0.372 e. The van der Waals surface area contributed by atoms with Gasteiger partial charge in [-0.25, -0.2) is 0 Å². The summed E-state index contributed by atoms with van der Waals surface area (Å²) < 4.78 is 0. The van der Waals surface area contributed by atoms with Crippen LogP contribution in [0.1, 0.15) is 23.2 Å². The molecule has 0 saturated carbocycles. The van der Waals surface area contributed by atoms with Crippen LogP contribution in [0.25, 0.3) is 0 Å². The molecule has 0 amide bonds. The predicted molar refractivity (Wildman–Crippen MR) is 64.1 cm³/mol. The standard InChI is InChI=1S/C13H16N2O/c16-12(11-6-2-1-3-7-11)10-13-14-8-4-5-9-15-13/h1-3,6-7,10,14-15H,4-5,8-9H2. The number of ketones is 1. The Hall–Kier alpha value is -1.77. The fraction of sp³-hybridized carbons (Fsp3) is 0.308. The highest BCUT2D eigenvalue weighted by Crippen LogP contribution is 2.03. The summed E-state index contributed by atoms with van der Waals surface area (Å²) in [7, 11) is 0. The average molecular weight is 216 g/mol. The van der Waals surface area contributed by atoms with Crippen LogP contribution in [0.3, 0.4) is 0 Å². The lowest BCUT2D eigenvalue weighted by Gasteiger charge is -2.07. The van der Waals surface area contributed by atoms with E-state index in [1.165, 1.54) is 0 Å². The van der Waals surface area contributed by atoms with Gasteiger partial charge in [-0.3, -0.25) is 4.79 Å². The molecule has 0 unspecified atom stereocenters. The molecular weight excluding hydrogens is 200 g/mol. The normalized spacial score (nSPS) is 15.6. The molecule has 1 aliphatic rings. The number of hydrogen-bond acceptors (Lipinski definition) is 3. The van der Waals surface area contributed by atoms with Crippen molar-refractivity contribution in [1.29, 1.82) is 0 Å². The molecule has 0 aliphatic carbocycles. The van der Waals surface area contributed by atoms with Gasteiger partial charge in [0, 0.05) is 24.7 Å². The Morgan fingerprint density at radius 2 is 1.69 bits per heavy atom. The Kier molecular flexibility index (Phi) is 3.59. The van der Waals surface area contributed by atoms with E-state index >= 15 is 0 Å². The van der Waals surface area contributed by atoms with Crippen molar-refractivity contribution in [3.05, 3.63) is 47.8 Å². The lowest BCUT2D eigenvalue weighted by molar-refractivity contribution is 0.104. The lowest BCUT2D eigenvalue weighted by atomic mass is 10.1. The van der Waals surface area contributed by atoms with E-state index < -0.39 is 0 Å². The Balaban J connectivity index is 2.08. The molecule has 16 heavy (non-hydrogen) atoms. The third kappa shape index (κ3) is 2.86. The number of allylic oxidation sites excluding steroid dienone is 1. The van der Waals surface area contributed by atoms with Crippen LogP contribution in [0, 0.1) is 0 Å². The molecule has 1 aromatic rings. The molecule has 2 N–H and O–H groups in total. The van der Waals surface area contributed by atoms with Crippen LogP contribution in [0.2, 0.25) is 0 Å². The fourth-order valence-corrected chi connectivity index (χ4v) is 1.68. The van der Waals surface area contributed by atoms with Gasteiger partial charge in [0.25, 0.3) is 0 Å². The summed E-state index contributed by atoms with van der Waals surface area (Å²) >= 11 is 0. The molecule has 2 rings (SSSR count). The summed E-state index contributed by atoms with van der Waals surface area (Å²) in [6.45, 7) is 1.86. The minimum absolute atomic E-state index is 0.0394. The SMILES string of the molecule is O=C(C=C1NCCCCN1)c1ccccc1. The first kappa shape index (κ1) is 10.7. The lowest BCUT2D eigenvalue weighted by Crippen LogP contribution is -2.24. The number of carbonyl (C=O) groups excluding carboxylic acids is 1. The zero-order valence-corrected chi connectivity index (χ0v) is 9.20. The summed E-state index contributed by atoms with van der Waals surface area (Å²) in [5.74, 6) is 0.879. The molecule has 0 atom stereocenters. The second kappa shape index (κ2) is 5.35. The molecule has 0 radical (unpaired) electrons. The van der Waals surface area contributed by atoms with Crippen molar-refractivity contribution in [3.63, 3.8) is 0 Å². The van der Waals surface area contributed by atoms with E-state index in [4.69, 9.17) is 0 Å². The summed E-state index contributed by atoms with van der Waals surface area (Å²) in [5.41, 5.74) is 0.725. The average Bonchev–Trinajstić information content (AvgIpc) is 2.59. The van der Waals surface area contributed by atoms with Gasteiger partial charge in [-0.2, -0.15) is 0 Å². The maximum Gasteiger partial charge on any atom is 0.189 e. The summed E-state index contributed by atoms with van der Waals surface area (Å²) in [6, 6.07) is 9.32. The van der Waals surface area contributed by atoms with Crippen molar-refractivity contribution < 1.29 is 4.79 Å². The van der Waals surface area contributed by atoms with Crippen LogP contribution in [0.15, 0.2) is 42.2 Å². The second-order valence-electron chi connectivity index (χ2n) is 3.85. The molecule has 3 heteroatoms. The van der Waals surface area contributed by atoms with Crippen LogP contribution in [-0.2, 0) is 0 Å². The van der Waals surface area contributed by atoms with Crippen LogP contribution in [-0.4, -0.2) is 18.9 Å².